The van der Waals surface area contributed by atoms with Crippen LogP contribution in [-0.2, 0) is 4.79 Å². The van der Waals surface area contributed by atoms with Gasteiger partial charge in [-0.1, -0.05) is 6.08 Å². The molecular weight excluding hydrogens is 150 g/mol. The maximum Gasteiger partial charge on any atom is 0.136 e. The third kappa shape index (κ3) is 1.20. The zero-order chi connectivity index (χ0) is 8.55. The first-order valence-corrected chi connectivity index (χ1v) is 4.69. The van der Waals surface area contributed by atoms with Gasteiger partial charge in [-0.05, 0) is 12.8 Å². The Morgan fingerprint density at radius 3 is 2.50 bits per heavy atom. The minimum atomic E-state index is 0.461. The van der Waals surface area contributed by atoms with Gasteiger partial charge in [-0.3, -0.25) is 9.69 Å². The SMILES string of the molecule is C=CCN1C2CCC1CC(=O)C2. The highest BCUT2D eigenvalue weighted by Gasteiger charge is 2.38. The normalized spacial score (nSPS) is 35.5. The quantitative estimate of drug-likeness (QED) is 0.576. The van der Waals surface area contributed by atoms with Crippen LogP contribution in [0.1, 0.15) is 25.7 Å². The number of nitrogens with zero attached hydrogens (tertiary/aromatic N) is 1. The molecule has 2 rings (SSSR count). The van der Waals surface area contributed by atoms with Crippen LogP contribution in [0, 0.1) is 0 Å². The van der Waals surface area contributed by atoms with E-state index in [1.165, 1.54) is 12.8 Å². The highest BCUT2D eigenvalue weighted by Crippen LogP contribution is 2.33. The summed E-state index contributed by atoms with van der Waals surface area (Å²) in [6, 6.07) is 1.07. The molecular formula is C10H15NO. The number of rotatable bonds is 2. The van der Waals surface area contributed by atoms with Crippen molar-refractivity contribution in [2.24, 2.45) is 0 Å². The van der Waals surface area contributed by atoms with Crippen molar-refractivity contribution in [1.82, 2.24) is 4.90 Å². The molecule has 2 saturated heterocycles. The number of Topliss-reactive ketones (excluding diaryl/α,β-unsaturated/α-hetero) is 1. The predicted molar refractivity (Wildman–Crippen MR) is 48.0 cm³/mol. The summed E-state index contributed by atoms with van der Waals surface area (Å²) in [5.41, 5.74) is 0. The van der Waals surface area contributed by atoms with E-state index in [4.69, 9.17) is 0 Å². The average Bonchev–Trinajstić information content (AvgIpc) is 2.32. The molecule has 2 fully saturated rings. The Bertz CT molecular complexity index is 196. The molecule has 2 aliphatic rings. The molecule has 0 aliphatic carbocycles. The molecule has 0 spiro atoms. The maximum atomic E-state index is 11.2. The molecule has 2 heteroatoms. The summed E-state index contributed by atoms with van der Waals surface area (Å²) in [5, 5.41) is 0. The molecule has 12 heavy (non-hydrogen) atoms. The summed E-state index contributed by atoms with van der Waals surface area (Å²) in [6.07, 6.45) is 5.93. The molecule has 0 radical (unpaired) electrons. The minimum absolute atomic E-state index is 0.461. The summed E-state index contributed by atoms with van der Waals surface area (Å²) in [5.74, 6) is 0.461. The molecule has 0 saturated carbocycles. The predicted octanol–water partition coefficient (Wildman–Crippen LogP) is 1.37. The van der Waals surface area contributed by atoms with E-state index in [2.05, 4.69) is 11.5 Å². The van der Waals surface area contributed by atoms with Gasteiger partial charge in [-0.15, -0.1) is 6.58 Å². The number of piperidine rings is 1. The van der Waals surface area contributed by atoms with Crippen LogP contribution in [0.15, 0.2) is 12.7 Å². The van der Waals surface area contributed by atoms with E-state index in [1.807, 2.05) is 6.08 Å². The highest BCUT2D eigenvalue weighted by atomic mass is 16.1. The fourth-order valence-electron chi connectivity index (χ4n) is 2.51. The van der Waals surface area contributed by atoms with Crippen molar-refractivity contribution in [3.05, 3.63) is 12.7 Å². The van der Waals surface area contributed by atoms with Crippen LogP contribution in [0.4, 0.5) is 0 Å². The van der Waals surface area contributed by atoms with Gasteiger partial charge in [0.05, 0.1) is 0 Å². The zero-order valence-corrected chi connectivity index (χ0v) is 7.33. The molecule has 0 amide bonds. The molecule has 2 atom stereocenters. The third-order valence-corrected chi connectivity index (χ3v) is 3.04. The van der Waals surface area contributed by atoms with Crippen LogP contribution in [0.3, 0.4) is 0 Å². The van der Waals surface area contributed by atoms with E-state index in [0.717, 1.165) is 19.4 Å². The number of hydrogen-bond acceptors (Lipinski definition) is 2. The van der Waals surface area contributed by atoms with Crippen LogP contribution in [-0.4, -0.2) is 29.3 Å². The Kier molecular flexibility index (Phi) is 2.01. The number of ketones is 1. The number of carbonyl (C=O) groups excluding carboxylic acids is 1. The molecule has 2 heterocycles. The van der Waals surface area contributed by atoms with Gasteiger partial charge in [0.2, 0.25) is 0 Å². The van der Waals surface area contributed by atoms with E-state index < -0.39 is 0 Å². The van der Waals surface area contributed by atoms with Gasteiger partial charge in [-0.25, -0.2) is 0 Å². The molecule has 66 valence electrons. The zero-order valence-electron chi connectivity index (χ0n) is 7.33. The molecule has 0 aromatic carbocycles. The molecule has 2 bridgehead atoms. The van der Waals surface area contributed by atoms with Crippen molar-refractivity contribution in [3.63, 3.8) is 0 Å². The van der Waals surface area contributed by atoms with Gasteiger partial charge in [0.25, 0.3) is 0 Å². The van der Waals surface area contributed by atoms with E-state index in [9.17, 15) is 4.79 Å². The van der Waals surface area contributed by atoms with Crippen LogP contribution in [0.5, 0.6) is 0 Å². The molecule has 0 N–H and O–H groups in total. The van der Waals surface area contributed by atoms with Crippen molar-refractivity contribution in [1.29, 1.82) is 0 Å². The largest absolute Gasteiger partial charge is 0.300 e. The standard InChI is InChI=1S/C10H15NO/c1-2-5-11-8-3-4-9(11)7-10(12)6-8/h2,8-9H,1,3-7H2. The van der Waals surface area contributed by atoms with E-state index in [0.29, 0.717) is 17.9 Å². The highest BCUT2D eigenvalue weighted by molar-refractivity contribution is 5.80. The third-order valence-electron chi connectivity index (χ3n) is 3.04. The fourth-order valence-corrected chi connectivity index (χ4v) is 2.51. The summed E-state index contributed by atoms with van der Waals surface area (Å²) < 4.78 is 0. The number of carbonyl (C=O) groups is 1. The van der Waals surface area contributed by atoms with Crippen molar-refractivity contribution >= 4 is 5.78 Å². The summed E-state index contributed by atoms with van der Waals surface area (Å²) >= 11 is 0. The lowest BCUT2D eigenvalue weighted by atomic mass is 10.0. The lowest BCUT2D eigenvalue weighted by Gasteiger charge is -2.32. The second kappa shape index (κ2) is 3.02. The lowest BCUT2D eigenvalue weighted by Crippen LogP contribution is -2.42. The Balaban J connectivity index is 2.08. The van der Waals surface area contributed by atoms with Crippen LogP contribution < -0.4 is 0 Å². The first kappa shape index (κ1) is 7.99. The first-order chi connectivity index (χ1) is 5.81. The molecule has 0 aromatic rings. The van der Waals surface area contributed by atoms with Crippen molar-refractivity contribution in [3.8, 4) is 0 Å². The van der Waals surface area contributed by atoms with Crippen LogP contribution in [0.25, 0.3) is 0 Å². The molecule has 2 unspecified atom stereocenters. The Morgan fingerprint density at radius 1 is 1.42 bits per heavy atom. The first-order valence-electron chi connectivity index (χ1n) is 4.69. The van der Waals surface area contributed by atoms with Crippen molar-refractivity contribution in [2.75, 3.05) is 6.54 Å². The van der Waals surface area contributed by atoms with Crippen LogP contribution >= 0.6 is 0 Å². The average molecular weight is 165 g/mol. The topological polar surface area (TPSA) is 20.3 Å². The van der Waals surface area contributed by atoms with Gasteiger partial charge in [0.1, 0.15) is 5.78 Å². The summed E-state index contributed by atoms with van der Waals surface area (Å²) in [7, 11) is 0. The summed E-state index contributed by atoms with van der Waals surface area (Å²) in [4.78, 5) is 13.7. The smallest absolute Gasteiger partial charge is 0.136 e. The van der Waals surface area contributed by atoms with Gasteiger partial charge >= 0.3 is 0 Å². The Hall–Kier alpha value is -0.630. The molecule has 2 aliphatic heterocycles. The van der Waals surface area contributed by atoms with Crippen molar-refractivity contribution < 1.29 is 4.79 Å². The number of fused-ring (bicyclic) bond motifs is 2. The van der Waals surface area contributed by atoms with Gasteiger partial charge in [0, 0.05) is 31.5 Å². The second-order valence-corrected chi connectivity index (χ2v) is 3.82. The maximum absolute atomic E-state index is 11.2. The number of hydrogen-bond donors (Lipinski definition) is 0. The Labute approximate surface area is 73.2 Å². The second-order valence-electron chi connectivity index (χ2n) is 3.82. The van der Waals surface area contributed by atoms with E-state index >= 15 is 0 Å². The van der Waals surface area contributed by atoms with Crippen molar-refractivity contribution in [2.45, 2.75) is 37.8 Å². The van der Waals surface area contributed by atoms with Gasteiger partial charge < -0.3 is 0 Å². The summed E-state index contributed by atoms with van der Waals surface area (Å²) in [6.45, 7) is 4.70. The van der Waals surface area contributed by atoms with E-state index in [-0.39, 0.29) is 0 Å². The van der Waals surface area contributed by atoms with Gasteiger partial charge in [0.15, 0.2) is 0 Å². The monoisotopic (exact) mass is 165 g/mol. The fraction of sp³-hybridized carbons (Fsp3) is 0.700. The Morgan fingerprint density at radius 2 is 2.00 bits per heavy atom. The lowest BCUT2D eigenvalue weighted by molar-refractivity contribution is -0.123. The van der Waals surface area contributed by atoms with Crippen LogP contribution in [0.2, 0.25) is 0 Å². The van der Waals surface area contributed by atoms with Gasteiger partial charge in [-0.2, -0.15) is 0 Å². The molecule has 0 aromatic heterocycles. The van der Waals surface area contributed by atoms with E-state index in [1.54, 1.807) is 0 Å². The molecule has 2 nitrogen and oxygen atoms in total. The minimum Gasteiger partial charge on any atom is -0.300 e.